The van der Waals surface area contributed by atoms with Crippen LogP contribution in [0.25, 0.3) is 0 Å². The molecule has 1 aliphatic heterocycles. The minimum Gasteiger partial charge on any atom is -0.494 e. The van der Waals surface area contributed by atoms with E-state index in [1.807, 2.05) is 4.90 Å². The first-order valence-electron chi connectivity index (χ1n) is 8.92. The van der Waals surface area contributed by atoms with Crippen molar-refractivity contribution in [2.45, 2.75) is 44.9 Å². The summed E-state index contributed by atoms with van der Waals surface area (Å²) in [5.74, 6) is -1.51. The highest BCUT2D eigenvalue weighted by molar-refractivity contribution is 5.67. The Bertz CT molecular complexity index is 632. The largest absolute Gasteiger partial charge is 0.494 e. The maximum atomic E-state index is 14.3. The van der Waals surface area contributed by atoms with Gasteiger partial charge in [-0.05, 0) is 49.9 Å². The smallest absolute Gasteiger partial charge is 0.303 e. The second kappa shape index (κ2) is 7.18. The van der Waals surface area contributed by atoms with E-state index in [1.54, 1.807) is 0 Å². The minimum atomic E-state index is -0.715. The number of rotatable bonds is 4. The number of hydrogen-bond acceptors (Lipinski definition) is 3. The summed E-state index contributed by atoms with van der Waals surface area (Å²) in [6.45, 7) is 1.40. The summed E-state index contributed by atoms with van der Waals surface area (Å²) in [4.78, 5) is 12.8. The van der Waals surface area contributed by atoms with E-state index in [0.29, 0.717) is 18.8 Å². The molecule has 1 N–H and O–H groups in total. The third-order valence-electron chi connectivity index (χ3n) is 6.02. The van der Waals surface area contributed by atoms with E-state index < -0.39 is 17.6 Å². The van der Waals surface area contributed by atoms with Crippen LogP contribution in [0.3, 0.4) is 0 Å². The molecule has 0 radical (unpaired) electrons. The molecule has 1 spiro atoms. The molecule has 1 heterocycles. The van der Waals surface area contributed by atoms with Gasteiger partial charge in [0.05, 0.1) is 12.8 Å². The molecule has 2 aliphatic rings. The Kier molecular flexibility index (Phi) is 5.16. The molecule has 1 aliphatic carbocycles. The number of methoxy groups -OCH3 is 1. The number of carbonyl (C=O) groups is 1. The number of nitrogens with zero attached hydrogens (tertiary/aromatic N) is 1. The summed E-state index contributed by atoms with van der Waals surface area (Å²) in [7, 11) is 1.32. The Labute approximate surface area is 146 Å². The van der Waals surface area contributed by atoms with Crippen molar-refractivity contribution in [1.82, 2.24) is 0 Å². The molecule has 1 saturated heterocycles. The number of benzene rings is 1. The standard InChI is InChI=1S/C19H25F2NO3/c1-25-17-12-14(20)16(11-15(17)21)22-8-6-19(7-9-22)4-2-13(3-5-19)10-18(23)24/h11-13H,2-10H2,1H3,(H,23,24). The number of aliphatic carboxylic acids is 1. The van der Waals surface area contributed by atoms with Gasteiger partial charge in [-0.3, -0.25) is 4.79 Å². The lowest BCUT2D eigenvalue weighted by molar-refractivity contribution is -0.138. The molecular formula is C19H25F2NO3. The van der Waals surface area contributed by atoms with Gasteiger partial charge in [0.2, 0.25) is 0 Å². The molecular weight excluding hydrogens is 328 g/mol. The maximum absolute atomic E-state index is 14.3. The van der Waals surface area contributed by atoms with E-state index >= 15 is 0 Å². The van der Waals surface area contributed by atoms with E-state index in [9.17, 15) is 13.6 Å². The first-order chi connectivity index (χ1) is 11.9. The average Bonchev–Trinajstić information content (AvgIpc) is 2.59. The van der Waals surface area contributed by atoms with Gasteiger partial charge in [0, 0.05) is 31.6 Å². The van der Waals surface area contributed by atoms with Crippen molar-refractivity contribution in [2.24, 2.45) is 11.3 Å². The molecule has 0 unspecified atom stereocenters. The first kappa shape index (κ1) is 18.0. The van der Waals surface area contributed by atoms with Crippen LogP contribution in [0.5, 0.6) is 5.75 Å². The molecule has 3 rings (SSSR count). The molecule has 1 saturated carbocycles. The Morgan fingerprint density at radius 2 is 1.84 bits per heavy atom. The van der Waals surface area contributed by atoms with Gasteiger partial charge in [0.15, 0.2) is 11.6 Å². The Hall–Kier alpha value is -1.85. The fraction of sp³-hybridized carbons (Fsp3) is 0.632. The van der Waals surface area contributed by atoms with Gasteiger partial charge in [-0.1, -0.05) is 0 Å². The summed E-state index contributed by atoms with van der Waals surface area (Å²) < 4.78 is 33.0. The summed E-state index contributed by atoms with van der Waals surface area (Å²) in [5, 5.41) is 8.93. The molecule has 1 aromatic carbocycles. The third-order valence-corrected chi connectivity index (χ3v) is 6.02. The number of hydrogen-bond donors (Lipinski definition) is 1. The SMILES string of the molecule is COc1cc(F)c(N2CCC3(CCC(CC(=O)O)CC3)CC2)cc1F. The van der Waals surface area contributed by atoms with E-state index in [1.165, 1.54) is 13.2 Å². The quantitative estimate of drug-likeness (QED) is 0.880. The van der Waals surface area contributed by atoms with Crippen LogP contribution in [0.15, 0.2) is 12.1 Å². The van der Waals surface area contributed by atoms with Crippen molar-refractivity contribution in [2.75, 3.05) is 25.1 Å². The van der Waals surface area contributed by atoms with Crippen LogP contribution in [0.2, 0.25) is 0 Å². The van der Waals surface area contributed by atoms with E-state index in [2.05, 4.69) is 0 Å². The molecule has 2 fully saturated rings. The van der Waals surface area contributed by atoms with Gasteiger partial charge in [0.25, 0.3) is 0 Å². The number of piperidine rings is 1. The molecule has 0 bridgehead atoms. The predicted octanol–water partition coefficient (Wildman–Crippen LogP) is 4.22. The second-order valence-corrected chi connectivity index (χ2v) is 7.47. The lowest BCUT2D eigenvalue weighted by Crippen LogP contribution is -2.42. The summed E-state index contributed by atoms with van der Waals surface area (Å²) in [6.07, 6.45) is 6.14. The minimum absolute atomic E-state index is 0.0773. The highest BCUT2D eigenvalue weighted by atomic mass is 19.1. The normalized spacial score (nSPS) is 20.7. The van der Waals surface area contributed by atoms with E-state index in [0.717, 1.165) is 44.6 Å². The van der Waals surface area contributed by atoms with Crippen molar-refractivity contribution in [1.29, 1.82) is 0 Å². The maximum Gasteiger partial charge on any atom is 0.303 e. The lowest BCUT2D eigenvalue weighted by atomic mass is 9.65. The number of anilines is 1. The summed E-state index contributed by atoms with van der Waals surface area (Å²) >= 11 is 0. The fourth-order valence-corrected chi connectivity index (χ4v) is 4.38. The zero-order chi connectivity index (χ0) is 18.0. The predicted molar refractivity (Wildman–Crippen MR) is 91.0 cm³/mol. The Balaban J connectivity index is 1.61. The monoisotopic (exact) mass is 353 g/mol. The van der Waals surface area contributed by atoms with Crippen molar-refractivity contribution in [3.05, 3.63) is 23.8 Å². The number of ether oxygens (including phenoxy) is 1. The molecule has 25 heavy (non-hydrogen) atoms. The van der Waals surface area contributed by atoms with Crippen LogP contribution in [0.1, 0.15) is 44.9 Å². The van der Waals surface area contributed by atoms with Crippen LogP contribution >= 0.6 is 0 Å². The molecule has 0 aromatic heterocycles. The molecule has 4 nitrogen and oxygen atoms in total. The lowest BCUT2D eigenvalue weighted by Gasteiger charge is -2.46. The molecule has 1 aromatic rings. The summed E-state index contributed by atoms with van der Waals surface area (Å²) in [6, 6.07) is 2.32. The average molecular weight is 353 g/mol. The molecule has 0 amide bonds. The number of carboxylic acids is 1. The Morgan fingerprint density at radius 3 is 2.40 bits per heavy atom. The van der Waals surface area contributed by atoms with Crippen LogP contribution < -0.4 is 9.64 Å². The first-order valence-corrected chi connectivity index (χ1v) is 8.92. The van der Waals surface area contributed by atoms with Crippen LogP contribution in [0.4, 0.5) is 14.5 Å². The van der Waals surface area contributed by atoms with E-state index in [4.69, 9.17) is 9.84 Å². The zero-order valence-electron chi connectivity index (χ0n) is 14.6. The number of carboxylic acid groups (broad SMARTS) is 1. The highest BCUT2D eigenvalue weighted by Gasteiger charge is 2.38. The van der Waals surface area contributed by atoms with Crippen molar-refractivity contribution >= 4 is 11.7 Å². The molecule has 138 valence electrons. The fourth-order valence-electron chi connectivity index (χ4n) is 4.38. The van der Waals surface area contributed by atoms with Gasteiger partial charge in [0.1, 0.15) is 5.82 Å². The van der Waals surface area contributed by atoms with E-state index in [-0.39, 0.29) is 23.5 Å². The van der Waals surface area contributed by atoms with Gasteiger partial charge in [-0.25, -0.2) is 8.78 Å². The van der Waals surface area contributed by atoms with Crippen LogP contribution in [-0.4, -0.2) is 31.3 Å². The van der Waals surface area contributed by atoms with Gasteiger partial charge in [-0.15, -0.1) is 0 Å². The van der Waals surface area contributed by atoms with Crippen molar-refractivity contribution in [3.63, 3.8) is 0 Å². The summed E-state index contributed by atoms with van der Waals surface area (Å²) in [5.41, 5.74) is 0.542. The van der Waals surface area contributed by atoms with Crippen LogP contribution in [0, 0.1) is 23.0 Å². The van der Waals surface area contributed by atoms with Gasteiger partial charge >= 0.3 is 5.97 Å². The van der Waals surface area contributed by atoms with Crippen molar-refractivity contribution in [3.8, 4) is 5.75 Å². The van der Waals surface area contributed by atoms with Gasteiger partial charge < -0.3 is 14.7 Å². The third kappa shape index (κ3) is 3.88. The topological polar surface area (TPSA) is 49.8 Å². The molecule has 0 atom stereocenters. The highest BCUT2D eigenvalue weighted by Crippen LogP contribution is 2.47. The Morgan fingerprint density at radius 1 is 1.20 bits per heavy atom. The molecule has 6 heteroatoms. The van der Waals surface area contributed by atoms with Crippen molar-refractivity contribution < 1.29 is 23.4 Å². The number of halogens is 2. The zero-order valence-corrected chi connectivity index (χ0v) is 14.6. The van der Waals surface area contributed by atoms with Gasteiger partial charge in [-0.2, -0.15) is 0 Å². The van der Waals surface area contributed by atoms with Crippen LogP contribution in [-0.2, 0) is 4.79 Å². The second-order valence-electron chi connectivity index (χ2n) is 7.47.